The van der Waals surface area contributed by atoms with E-state index in [1.165, 1.54) is 43.4 Å². The van der Waals surface area contributed by atoms with Gasteiger partial charge in [0.25, 0.3) is 0 Å². The number of nitrogens with zero attached hydrogens (tertiary/aromatic N) is 3. The summed E-state index contributed by atoms with van der Waals surface area (Å²) in [6.07, 6.45) is 7.82. The molecule has 5 nitrogen and oxygen atoms in total. The maximum Gasteiger partial charge on any atom is 0.222 e. The number of aromatic nitrogens is 2. The summed E-state index contributed by atoms with van der Waals surface area (Å²) >= 11 is 0. The van der Waals surface area contributed by atoms with Crippen LogP contribution in [0.5, 0.6) is 0 Å². The van der Waals surface area contributed by atoms with Crippen LogP contribution >= 0.6 is 0 Å². The molecule has 3 N–H and O–H groups in total. The second-order valence-corrected chi connectivity index (χ2v) is 6.85. The first-order chi connectivity index (χ1) is 10.3. The number of nitrogens with two attached hydrogens (primary N) is 1. The minimum absolute atomic E-state index is 0.461. The van der Waals surface area contributed by atoms with E-state index in [1.54, 1.807) is 0 Å². The maximum absolute atomic E-state index is 6.02. The predicted molar refractivity (Wildman–Crippen MR) is 84.5 cm³/mol. The molecule has 0 bridgehead atoms. The minimum Gasteiger partial charge on any atom is -0.368 e. The molecule has 1 aromatic rings. The fourth-order valence-electron chi connectivity index (χ4n) is 4.39. The lowest BCUT2D eigenvalue weighted by Gasteiger charge is -2.43. The molecular weight excluding hydrogens is 262 g/mol. The molecule has 2 heterocycles. The summed E-state index contributed by atoms with van der Waals surface area (Å²) in [5.41, 5.74) is 8.69. The molecule has 1 saturated heterocycles. The standard InChI is InChI=1S/C16H25N5/c1-18-11-8-21(9-11)15-13-7-6-10-4-2-3-5-12(10)14(13)19-16(17)20-15/h10-12,18H,2-9H2,1H3,(H2,17,19,20). The van der Waals surface area contributed by atoms with Crippen LogP contribution in [0.25, 0.3) is 0 Å². The lowest BCUT2D eigenvalue weighted by Crippen LogP contribution is -2.57. The van der Waals surface area contributed by atoms with Gasteiger partial charge >= 0.3 is 0 Å². The Kier molecular flexibility index (Phi) is 3.25. The van der Waals surface area contributed by atoms with Crippen molar-refractivity contribution in [3.05, 3.63) is 11.3 Å². The highest BCUT2D eigenvalue weighted by molar-refractivity contribution is 5.56. The lowest BCUT2D eigenvalue weighted by atomic mass is 9.70. The van der Waals surface area contributed by atoms with Gasteiger partial charge < -0.3 is 16.0 Å². The Morgan fingerprint density at radius 2 is 1.95 bits per heavy atom. The number of anilines is 2. The highest BCUT2D eigenvalue weighted by Crippen LogP contribution is 2.46. The van der Waals surface area contributed by atoms with Crippen LogP contribution < -0.4 is 16.0 Å². The zero-order chi connectivity index (χ0) is 14.4. The summed E-state index contributed by atoms with van der Waals surface area (Å²) in [7, 11) is 2.03. The van der Waals surface area contributed by atoms with E-state index in [9.17, 15) is 0 Å². The minimum atomic E-state index is 0.461. The molecule has 2 fully saturated rings. The van der Waals surface area contributed by atoms with Gasteiger partial charge in [-0.15, -0.1) is 0 Å². The third kappa shape index (κ3) is 2.18. The Labute approximate surface area is 126 Å². The molecular formula is C16H25N5. The highest BCUT2D eigenvalue weighted by Gasteiger charge is 2.37. The summed E-state index contributed by atoms with van der Waals surface area (Å²) in [5.74, 6) is 3.04. The molecule has 2 atom stereocenters. The van der Waals surface area contributed by atoms with Crippen LogP contribution in [0.15, 0.2) is 0 Å². The smallest absolute Gasteiger partial charge is 0.222 e. The Bertz CT molecular complexity index is 538. The first-order valence-corrected chi connectivity index (χ1v) is 8.34. The van der Waals surface area contributed by atoms with Gasteiger partial charge in [0.1, 0.15) is 5.82 Å². The second-order valence-electron chi connectivity index (χ2n) is 6.85. The third-order valence-electron chi connectivity index (χ3n) is 5.65. The monoisotopic (exact) mass is 287 g/mol. The average Bonchev–Trinajstić information content (AvgIpc) is 2.46. The zero-order valence-corrected chi connectivity index (χ0v) is 12.8. The van der Waals surface area contributed by atoms with Crippen molar-refractivity contribution in [3.63, 3.8) is 0 Å². The Balaban J connectivity index is 1.68. The molecule has 1 aliphatic heterocycles. The van der Waals surface area contributed by atoms with Crippen LogP contribution in [0.4, 0.5) is 11.8 Å². The van der Waals surface area contributed by atoms with Gasteiger partial charge in [-0.1, -0.05) is 12.8 Å². The largest absolute Gasteiger partial charge is 0.368 e. The molecule has 2 unspecified atom stereocenters. The molecule has 0 radical (unpaired) electrons. The van der Waals surface area contributed by atoms with Gasteiger partial charge in [0.2, 0.25) is 5.95 Å². The first-order valence-electron chi connectivity index (χ1n) is 8.34. The van der Waals surface area contributed by atoms with Gasteiger partial charge in [0, 0.05) is 30.6 Å². The van der Waals surface area contributed by atoms with Crippen molar-refractivity contribution in [2.75, 3.05) is 30.8 Å². The number of nitrogen functional groups attached to an aromatic ring is 1. The van der Waals surface area contributed by atoms with E-state index in [4.69, 9.17) is 5.73 Å². The number of hydrogen-bond acceptors (Lipinski definition) is 5. The Morgan fingerprint density at radius 3 is 2.76 bits per heavy atom. The van der Waals surface area contributed by atoms with Crippen molar-refractivity contribution in [2.45, 2.75) is 50.5 Å². The van der Waals surface area contributed by atoms with E-state index in [2.05, 4.69) is 20.2 Å². The molecule has 2 aliphatic carbocycles. The van der Waals surface area contributed by atoms with Gasteiger partial charge in [-0.3, -0.25) is 0 Å². The number of fused-ring (bicyclic) bond motifs is 3. The van der Waals surface area contributed by atoms with Crippen LogP contribution in [0.3, 0.4) is 0 Å². The van der Waals surface area contributed by atoms with E-state index in [0.29, 0.717) is 17.9 Å². The van der Waals surface area contributed by atoms with Crippen molar-refractivity contribution in [2.24, 2.45) is 5.92 Å². The summed E-state index contributed by atoms with van der Waals surface area (Å²) < 4.78 is 0. The summed E-state index contributed by atoms with van der Waals surface area (Å²) in [6.45, 7) is 2.07. The van der Waals surface area contributed by atoms with Crippen molar-refractivity contribution < 1.29 is 0 Å². The Morgan fingerprint density at radius 1 is 1.14 bits per heavy atom. The third-order valence-corrected chi connectivity index (χ3v) is 5.65. The van der Waals surface area contributed by atoms with Crippen LogP contribution in [-0.2, 0) is 6.42 Å². The molecule has 5 heteroatoms. The number of likely N-dealkylation sites (N-methyl/N-ethyl adjacent to an activating group) is 1. The van der Waals surface area contributed by atoms with Crippen molar-refractivity contribution >= 4 is 11.8 Å². The number of rotatable bonds is 2. The number of nitrogens with one attached hydrogen (secondary N) is 1. The van der Waals surface area contributed by atoms with Crippen molar-refractivity contribution in [1.29, 1.82) is 0 Å². The van der Waals surface area contributed by atoms with Gasteiger partial charge in [0.05, 0.1) is 5.69 Å². The summed E-state index contributed by atoms with van der Waals surface area (Å²) in [4.78, 5) is 11.6. The van der Waals surface area contributed by atoms with Crippen LogP contribution in [0.1, 0.15) is 49.3 Å². The maximum atomic E-state index is 6.02. The van der Waals surface area contributed by atoms with Crippen molar-refractivity contribution in [3.8, 4) is 0 Å². The van der Waals surface area contributed by atoms with Crippen molar-refractivity contribution in [1.82, 2.24) is 15.3 Å². The topological polar surface area (TPSA) is 67.1 Å². The average molecular weight is 287 g/mol. The molecule has 3 aliphatic rings. The molecule has 1 aromatic heterocycles. The molecule has 0 amide bonds. The van der Waals surface area contributed by atoms with E-state index in [1.807, 2.05) is 7.05 Å². The van der Waals surface area contributed by atoms with Gasteiger partial charge in [0.15, 0.2) is 0 Å². The summed E-state index contributed by atoms with van der Waals surface area (Å²) in [5, 5.41) is 3.32. The van der Waals surface area contributed by atoms with Crippen LogP contribution in [-0.4, -0.2) is 36.1 Å². The highest BCUT2D eigenvalue weighted by atomic mass is 15.3. The van der Waals surface area contributed by atoms with Crippen LogP contribution in [0, 0.1) is 5.92 Å². The van der Waals surface area contributed by atoms with E-state index in [-0.39, 0.29) is 0 Å². The fourth-order valence-corrected chi connectivity index (χ4v) is 4.39. The molecule has 1 saturated carbocycles. The fraction of sp³-hybridized carbons (Fsp3) is 0.750. The first kappa shape index (κ1) is 13.3. The van der Waals surface area contributed by atoms with Crippen LogP contribution in [0.2, 0.25) is 0 Å². The van der Waals surface area contributed by atoms with Gasteiger partial charge in [-0.05, 0) is 38.6 Å². The number of hydrogen-bond donors (Lipinski definition) is 2. The molecule has 21 heavy (non-hydrogen) atoms. The normalized spacial score (nSPS) is 28.7. The molecule has 0 aromatic carbocycles. The SMILES string of the molecule is CNC1CN(c2nc(N)nc3c2CCC2CCCCC32)C1. The lowest BCUT2D eigenvalue weighted by molar-refractivity contribution is 0.270. The Hall–Kier alpha value is -1.36. The van der Waals surface area contributed by atoms with E-state index >= 15 is 0 Å². The quantitative estimate of drug-likeness (QED) is 0.866. The zero-order valence-electron chi connectivity index (χ0n) is 12.8. The molecule has 4 rings (SSSR count). The predicted octanol–water partition coefficient (Wildman–Crippen LogP) is 1.69. The molecule has 114 valence electrons. The summed E-state index contributed by atoms with van der Waals surface area (Å²) in [6, 6.07) is 0.586. The molecule has 0 spiro atoms. The second kappa shape index (κ2) is 5.13. The van der Waals surface area contributed by atoms with Gasteiger partial charge in [-0.2, -0.15) is 4.98 Å². The van der Waals surface area contributed by atoms with Gasteiger partial charge in [-0.25, -0.2) is 4.98 Å². The van der Waals surface area contributed by atoms with E-state index in [0.717, 1.165) is 31.2 Å². The van der Waals surface area contributed by atoms with E-state index < -0.39 is 0 Å².